The van der Waals surface area contributed by atoms with E-state index in [4.69, 9.17) is 18.9 Å². The summed E-state index contributed by atoms with van der Waals surface area (Å²) in [4.78, 5) is 13.3. The van der Waals surface area contributed by atoms with Crippen LogP contribution in [0, 0.1) is 0 Å². The van der Waals surface area contributed by atoms with Crippen LogP contribution in [0.1, 0.15) is 328 Å². The standard InChI is InChI=1S/C67H131NO13/c1-3-5-7-9-11-13-15-17-19-21-23-24-25-26-27-28-29-30-31-33-34-36-38-40-42-44-46-48-50-56(71)55(68-59(72)51-49-47-45-43-41-39-37-35-32-22-20-18-16-14-12-10-8-6-4-2)54-78-66-64(77)62(75)65(58(53-70)80-66)81-67-63(76)61(74)60(73)57(52-69)79-67/h55-58,60-67,69-71,73-77H,3-54H2,1-2H3,(H,68,72). The van der Waals surface area contributed by atoms with Crippen LogP contribution in [0.5, 0.6) is 0 Å². The van der Waals surface area contributed by atoms with Crippen LogP contribution in [0.15, 0.2) is 0 Å². The van der Waals surface area contributed by atoms with Crippen molar-refractivity contribution in [3.63, 3.8) is 0 Å². The molecule has 0 radical (unpaired) electrons. The summed E-state index contributed by atoms with van der Waals surface area (Å²) >= 11 is 0. The molecule has 81 heavy (non-hydrogen) atoms. The van der Waals surface area contributed by atoms with Crippen LogP contribution in [-0.4, -0.2) is 140 Å². The molecule has 0 aromatic rings. The number of hydrogen-bond donors (Lipinski definition) is 9. The highest BCUT2D eigenvalue weighted by molar-refractivity contribution is 5.76. The maximum absolute atomic E-state index is 13.3. The third-order valence-electron chi connectivity index (χ3n) is 17.6. The maximum atomic E-state index is 13.3. The third kappa shape index (κ3) is 38.0. The van der Waals surface area contributed by atoms with Crippen molar-refractivity contribution in [2.75, 3.05) is 19.8 Å². The van der Waals surface area contributed by atoms with Crippen LogP contribution < -0.4 is 5.32 Å². The van der Waals surface area contributed by atoms with Crippen molar-refractivity contribution in [2.45, 2.75) is 402 Å². The molecule has 2 saturated heterocycles. The van der Waals surface area contributed by atoms with E-state index in [1.165, 1.54) is 250 Å². The minimum atomic E-state index is -1.78. The number of aliphatic hydroxyl groups excluding tert-OH is 8. The van der Waals surface area contributed by atoms with E-state index in [0.717, 1.165) is 51.4 Å². The molecule has 14 nitrogen and oxygen atoms in total. The van der Waals surface area contributed by atoms with Crippen LogP contribution >= 0.6 is 0 Å². The van der Waals surface area contributed by atoms with Gasteiger partial charge in [-0.2, -0.15) is 0 Å². The average molecular weight is 1160 g/mol. The Morgan fingerprint density at radius 1 is 0.395 bits per heavy atom. The highest BCUT2D eigenvalue weighted by atomic mass is 16.7. The molecule has 0 aromatic heterocycles. The van der Waals surface area contributed by atoms with Gasteiger partial charge in [0.05, 0.1) is 32.0 Å². The lowest BCUT2D eigenvalue weighted by molar-refractivity contribution is -0.359. The first-order chi connectivity index (χ1) is 39.6. The van der Waals surface area contributed by atoms with Crippen molar-refractivity contribution in [1.82, 2.24) is 5.32 Å². The molecule has 0 aliphatic carbocycles. The van der Waals surface area contributed by atoms with Gasteiger partial charge in [0.1, 0.15) is 48.8 Å². The topological polar surface area (TPSA) is 228 Å². The highest BCUT2D eigenvalue weighted by Crippen LogP contribution is 2.30. The first kappa shape index (κ1) is 76.1. The summed E-state index contributed by atoms with van der Waals surface area (Å²) < 4.78 is 22.9. The summed E-state index contributed by atoms with van der Waals surface area (Å²) in [6.07, 6.45) is 45.5. The van der Waals surface area contributed by atoms with Gasteiger partial charge in [-0.3, -0.25) is 4.79 Å². The summed E-state index contributed by atoms with van der Waals surface area (Å²) in [5.74, 6) is -0.198. The van der Waals surface area contributed by atoms with Crippen LogP contribution in [0.25, 0.3) is 0 Å². The van der Waals surface area contributed by atoms with E-state index < -0.39 is 86.8 Å². The molecule has 0 bridgehead atoms. The molecular formula is C67H131NO13. The molecule has 0 spiro atoms. The van der Waals surface area contributed by atoms with Crippen molar-refractivity contribution in [3.8, 4) is 0 Å². The van der Waals surface area contributed by atoms with Gasteiger partial charge in [0.2, 0.25) is 5.91 Å². The zero-order chi connectivity index (χ0) is 58.8. The SMILES string of the molecule is CCCCCCCCCCCCCCCCCCCCCCCCCCCCCCC(O)C(COC1OC(CO)C(OC2OC(CO)C(O)C(O)C2O)C(O)C1O)NC(=O)CCCCCCCCCCCCCCCCCCCCC. The number of hydrogen-bond acceptors (Lipinski definition) is 13. The Morgan fingerprint density at radius 2 is 0.704 bits per heavy atom. The molecule has 9 N–H and O–H groups in total. The van der Waals surface area contributed by atoms with Crippen molar-refractivity contribution < 1.29 is 64.6 Å². The molecule has 2 aliphatic rings. The van der Waals surface area contributed by atoms with E-state index in [2.05, 4.69) is 19.2 Å². The Balaban J connectivity index is 1.66. The minimum Gasteiger partial charge on any atom is -0.394 e. The predicted molar refractivity (Wildman–Crippen MR) is 328 cm³/mol. The van der Waals surface area contributed by atoms with Crippen LogP contribution in [-0.2, 0) is 23.7 Å². The molecule has 0 aromatic carbocycles. The second kappa shape index (κ2) is 53.2. The lowest BCUT2D eigenvalue weighted by atomic mass is 9.97. The second-order valence-corrected chi connectivity index (χ2v) is 25.0. The van der Waals surface area contributed by atoms with E-state index in [0.29, 0.717) is 12.8 Å². The van der Waals surface area contributed by atoms with E-state index in [1.807, 2.05) is 0 Å². The molecule has 14 heteroatoms. The van der Waals surface area contributed by atoms with Crippen molar-refractivity contribution in [3.05, 3.63) is 0 Å². The fourth-order valence-electron chi connectivity index (χ4n) is 12.0. The highest BCUT2D eigenvalue weighted by Gasteiger charge is 2.51. The van der Waals surface area contributed by atoms with Gasteiger partial charge in [-0.05, 0) is 12.8 Å². The maximum Gasteiger partial charge on any atom is 0.220 e. The number of carbonyl (C=O) groups is 1. The molecule has 0 saturated carbocycles. The Labute approximate surface area is 495 Å². The number of rotatable bonds is 58. The van der Waals surface area contributed by atoms with E-state index in [1.54, 1.807) is 0 Å². The summed E-state index contributed by atoms with van der Waals surface area (Å²) in [7, 11) is 0. The Bertz CT molecular complexity index is 1360. The first-order valence-corrected chi connectivity index (χ1v) is 34.8. The van der Waals surface area contributed by atoms with Crippen molar-refractivity contribution in [2.24, 2.45) is 0 Å². The number of ether oxygens (including phenoxy) is 4. The normalized spacial score (nSPS) is 24.0. The molecular weight excluding hydrogens is 1030 g/mol. The molecule has 12 atom stereocenters. The largest absolute Gasteiger partial charge is 0.394 e. The Morgan fingerprint density at radius 3 is 1.05 bits per heavy atom. The lowest BCUT2D eigenvalue weighted by Crippen LogP contribution is -2.65. The summed E-state index contributed by atoms with van der Waals surface area (Å²) in [6, 6.07) is -0.824. The fraction of sp³-hybridized carbons (Fsp3) is 0.985. The lowest BCUT2D eigenvalue weighted by Gasteiger charge is -2.46. The summed E-state index contributed by atoms with van der Waals surface area (Å²) in [5, 5.41) is 87.6. The van der Waals surface area contributed by atoms with Gasteiger partial charge >= 0.3 is 0 Å². The van der Waals surface area contributed by atoms with Crippen LogP contribution in [0.4, 0.5) is 0 Å². The number of amides is 1. The smallest absolute Gasteiger partial charge is 0.220 e. The van der Waals surface area contributed by atoms with Gasteiger partial charge < -0.3 is 65.1 Å². The van der Waals surface area contributed by atoms with E-state index >= 15 is 0 Å². The minimum absolute atomic E-state index is 0.198. The van der Waals surface area contributed by atoms with Crippen LogP contribution in [0.2, 0.25) is 0 Å². The summed E-state index contributed by atoms with van der Waals surface area (Å²) in [5.41, 5.74) is 0. The molecule has 2 fully saturated rings. The predicted octanol–water partition coefficient (Wildman–Crippen LogP) is 13.6. The molecule has 2 rings (SSSR count). The number of unbranched alkanes of at least 4 members (excludes halogenated alkanes) is 45. The molecule has 1 amide bonds. The van der Waals surface area contributed by atoms with Gasteiger partial charge in [-0.25, -0.2) is 0 Å². The van der Waals surface area contributed by atoms with Gasteiger partial charge in [0.25, 0.3) is 0 Å². The Kier molecular flexibility index (Phi) is 50.0. The van der Waals surface area contributed by atoms with Crippen LogP contribution in [0.3, 0.4) is 0 Å². The quantitative estimate of drug-likeness (QED) is 0.0259. The third-order valence-corrected chi connectivity index (χ3v) is 17.6. The number of aliphatic hydroxyl groups is 8. The molecule has 482 valence electrons. The van der Waals surface area contributed by atoms with Gasteiger partial charge in [0.15, 0.2) is 12.6 Å². The number of carbonyl (C=O) groups excluding carboxylic acids is 1. The zero-order valence-electron chi connectivity index (χ0n) is 52.3. The monoisotopic (exact) mass is 1160 g/mol. The van der Waals surface area contributed by atoms with Gasteiger partial charge in [0, 0.05) is 6.42 Å². The average Bonchev–Trinajstić information content (AvgIpc) is 3.47. The van der Waals surface area contributed by atoms with Gasteiger partial charge in [-0.15, -0.1) is 0 Å². The molecule has 12 unspecified atom stereocenters. The molecule has 2 aliphatic heterocycles. The van der Waals surface area contributed by atoms with Crippen molar-refractivity contribution in [1.29, 1.82) is 0 Å². The Hall–Kier alpha value is -1.01. The fourth-order valence-corrected chi connectivity index (χ4v) is 12.0. The summed E-state index contributed by atoms with van der Waals surface area (Å²) in [6.45, 7) is 2.93. The molecule has 2 heterocycles. The second-order valence-electron chi connectivity index (χ2n) is 25.0. The number of nitrogens with one attached hydrogen (secondary N) is 1. The zero-order valence-corrected chi connectivity index (χ0v) is 52.3. The van der Waals surface area contributed by atoms with E-state index in [9.17, 15) is 45.6 Å². The van der Waals surface area contributed by atoms with E-state index in [-0.39, 0.29) is 12.5 Å². The van der Waals surface area contributed by atoms with Crippen molar-refractivity contribution >= 4 is 5.91 Å². The van der Waals surface area contributed by atoms with Gasteiger partial charge in [-0.1, -0.05) is 309 Å². The first-order valence-electron chi connectivity index (χ1n) is 34.8.